The molecule has 0 saturated carbocycles. The van der Waals surface area contributed by atoms with Crippen molar-refractivity contribution in [3.05, 3.63) is 35.4 Å². The summed E-state index contributed by atoms with van der Waals surface area (Å²) in [5.74, 6) is 6.93. The molecule has 0 saturated heterocycles. The molecule has 1 aliphatic rings. The topological polar surface area (TPSA) is 93.1 Å². The van der Waals surface area contributed by atoms with Crippen LogP contribution >= 0.6 is 0 Å². The molecule has 3 rings (SSSR count). The van der Waals surface area contributed by atoms with Gasteiger partial charge < -0.3 is 16.1 Å². The second-order valence-electron chi connectivity index (χ2n) is 5.00. The van der Waals surface area contributed by atoms with Crippen LogP contribution in [0.1, 0.15) is 17.5 Å². The van der Waals surface area contributed by atoms with E-state index in [0.717, 1.165) is 25.2 Å². The first-order valence-corrected chi connectivity index (χ1v) is 6.65. The number of hydrazine groups is 1. The first kappa shape index (κ1) is 12.7. The average Bonchev–Trinajstić information content (AvgIpc) is 2.45. The number of hydrogen-bond acceptors (Lipinski definition) is 6. The lowest BCUT2D eigenvalue weighted by Crippen LogP contribution is -2.26. The normalized spacial score (nSPS) is 14.0. The summed E-state index contributed by atoms with van der Waals surface area (Å²) in [5.41, 5.74) is 12.1. The van der Waals surface area contributed by atoms with Gasteiger partial charge in [0.15, 0.2) is 0 Å². The standard InChI is InChI=1S/C14H18N6/c1-9-4-5-11-10(7-9)3-2-6-20(11)13-8-12(19-16)17-14(15)18-13/h4-5,7-8H,2-3,6,16H2,1H3,(H3,15,17,18,19). The summed E-state index contributed by atoms with van der Waals surface area (Å²) >= 11 is 0. The summed E-state index contributed by atoms with van der Waals surface area (Å²) < 4.78 is 0. The van der Waals surface area contributed by atoms with Crippen molar-refractivity contribution in [3.8, 4) is 0 Å². The maximum atomic E-state index is 5.74. The zero-order chi connectivity index (χ0) is 14.1. The number of hydrogen-bond donors (Lipinski definition) is 3. The number of aromatic nitrogens is 2. The third-order valence-electron chi connectivity index (χ3n) is 3.51. The lowest BCUT2D eigenvalue weighted by Gasteiger charge is -2.30. The number of nitrogens with one attached hydrogen (secondary N) is 1. The Kier molecular flexibility index (Phi) is 3.15. The molecule has 0 radical (unpaired) electrons. The van der Waals surface area contributed by atoms with Crippen molar-refractivity contribution in [3.63, 3.8) is 0 Å². The van der Waals surface area contributed by atoms with E-state index in [4.69, 9.17) is 11.6 Å². The van der Waals surface area contributed by atoms with Crippen LogP contribution < -0.4 is 21.9 Å². The van der Waals surface area contributed by atoms with E-state index in [1.165, 1.54) is 16.8 Å². The molecule has 0 spiro atoms. The fraction of sp³-hybridized carbons (Fsp3) is 0.286. The molecule has 0 unspecified atom stereocenters. The van der Waals surface area contributed by atoms with E-state index >= 15 is 0 Å². The highest BCUT2D eigenvalue weighted by Gasteiger charge is 2.20. The van der Waals surface area contributed by atoms with Crippen molar-refractivity contribution in [1.82, 2.24) is 9.97 Å². The Bertz CT molecular complexity index is 640. The van der Waals surface area contributed by atoms with Crippen LogP contribution in [0.5, 0.6) is 0 Å². The highest BCUT2D eigenvalue weighted by Crippen LogP contribution is 2.33. The van der Waals surface area contributed by atoms with Crippen LogP contribution in [0.3, 0.4) is 0 Å². The molecule has 2 heterocycles. The van der Waals surface area contributed by atoms with Crippen molar-refractivity contribution in [2.45, 2.75) is 19.8 Å². The molecule has 0 fully saturated rings. The fourth-order valence-corrected chi connectivity index (χ4v) is 2.63. The Morgan fingerprint density at radius 1 is 1.25 bits per heavy atom. The molecular formula is C14H18N6. The van der Waals surface area contributed by atoms with Gasteiger partial charge >= 0.3 is 0 Å². The van der Waals surface area contributed by atoms with Crippen molar-refractivity contribution in [2.24, 2.45) is 5.84 Å². The van der Waals surface area contributed by atoms with E-state index in [1.54, 1.807) is 0 Å². The number of nitrogen functional groups attached to an aromatic ring is 2. The maximum absolute atomic E-state index is 5.74. The highest BCUT2D eigenvalue weighted by atomic mass is 15.3. The molecule has 0 aliphatic carbocycles. The monoisotopic (exact) mass is 270 g/mol. The number of rotatable bonds is 2. The van der Waals surface area contributed by atoms with Crippen LogP contribution in [0.4, 0.5) is 23.3 Å². The summed E-state index contributed by atoms with van der Waals surface area (Å²) in [6, 6.07) is 8.29. The molecule has 6 nitrogen and oxygen atoms in total. The molecule has 6 heteroatoms. The van der Waals surface area contributed by atoms with Crippen LogP contribution in [0, 0.1) is 6.92 Å². The van der Waals surface area contributed by atoms with Gasteiger partial charge in [0, 0.05) is 18.3 Å². The third-order valence-corrected chi connectivity index (χ3v) is 3.51. The summed E-state index contributed by atoms with van der Waals surface area (Å²) in [6.07, 6.45) is 2.18. The smallest absolute Gasteiger partial charge is 0.224 e. The minimum Gasteiger partial charge on any atom is -0.368 e. The third kappa shape index (κ3) is 2.25. The molecule has 20 heavy (non-hydrogen) atoms. The van der Waals surface area contributed by atoms with Gasteiger partial charge in [-0.3, -0.25) is 0 Å². The van der Waals surface area contributed by atoms with Gasteiger partial charge in [0.25, 0.3) is 0 Å². The fourth-order valence-electron chi connectivity index (χ4n) is 2.63. The molecule has 5 N–H and O–H groups in total. The van der Waals surface area contributed by atoms with Gasteiger partial charge in [-0.2, -0.15) is 9.97 Å². The summed E-state index contributed by atoms with van der Waals surface area (Å²) in [6.45, 7) is 3.02. The van der Waals surface area contributed by atoms with Crippen LogP contribution in [-0.2, 0) is 6.42 Å². The Labute approximate surface area is 117 Å². The van der Waals surface area contributed by atoms with Crippen LogP contribution in [0.15, 0.2) is 24.3 Å². The predicted octanol–water partition coefficient (Wildman–Crippen LogP) is 1.74. The number of aryl methyl sites for hydroxylation is 2. The number of nitrogens with zero attached hydrogens (tertiary/aromatic N) is 3. The van der Waals surface area contributed by atoms with E-state index in [2.05, 4.69) is 45.4 Å². The number of benzene rings is 1. The molecular weight excluding hydrogens is 252 g/mol. The Morgan fingerprint density at radius 3 is 2.90 bits per heavy atom. The van der Waals surface area contributed by atoms with Gasteiger partial charge in [0.1, 0.15) is 11.6 Å². The highest BCUT2D eigenvalue weighted by molar-refractivity contribution is 5.68. The summed E-state index contributed by atoms with van der Waals surface area (Å²) in [7, 11) is 0. The number of fused-ring (bicyclic) bond motifs is 1. The molecule has 104 valence electrons. The van der Waals surface area contributed by atoms with Gasteiger partial charge in [-0.1, -0.05) is 17.7 Å². The minimum atomic E-state index is 0.217. The zero-order valence-electron chi connectivity index (χ0n) is 11.4. The van der Waals surface area contributed by atoms with Crippen molar-refractivity contribution >= 4 is 23.3 Å². The van der Waals surface area contributed by atoms with Crippen molar-refractivity contribution in [1.29, 1.82) is 0 Å². The molecule has 2 aromatic rings. The molecule has 1 aromatic heterocycles. The lowest BCUT2D eigenvalue weighted by molar-refractivity contribution is 0.758. The first-order valence-electron chi connectivity index (χ1n) is 6.65. The maximum Gasteiger partial charge on any atom is 0.224 e. The van der Waals surface area contributed by atoms with Crippen molar-refractivity contribution < 1.29 is 0 Å². The Balaban J connectivity index is 2.06. The predicted molar refractivity (Wildman–Crippen MR) is 80.8 cm³/mol. The van der Waals surface area contributed by atoms with Crippen LogP contribution in [0.25, 0.3) is 0 Å². The SMILES string of the molecule is Cc1ccc2c(c1)CCCN2c1cc(NN)nc(N)n1. The second kappa shape index (κ2) is 4.97. The first-order chi connectivity index (χ1) is 9.67. The quantitative estimate of drug-likeness (QED) is 0.568. The van der Waals surface area contributed by atoms with E-state index in [9.17, 15) is 0 Å². The van der Waals surface area contributed by atoms with Gasteiger partial charge in [0.2, 0.25) is 5.95 Å². The summed E-state index contributed by atoms with van der Waals surface area (Å²) in [5, 5.41) is 0. The van der Waals surface area contributed by atoms with Gasteiger partial charge in [-0.05, 0) is 31.4 Å². The van der Waals surface area contributed by atoms with E-state index < -0.39 is 0 Å². The summed E-state index contributed by atoms with van der Waals surface area (Å²) in [4.78, 5) is 10.5. The van der Waals surface area contributed by atoms with E-state index in [0.29, 0.717) is 5.82 Å². The molecule has 0 amide bonds. The Hall–Kier alpha value is -2.34. The van der Waals surface area contributed by atoms with E-state index in [1.807, 2.05) is 6.07 Å². The average molecular weight is 270 g/mol. The number of nitrogens with two attached hydrogens (primary N) is 2. The molecule has 1 aromatic carbocycles. The minimum absolute atomic E-state index is 0.217. The van der Waals surface area contributed by atoms with Crippen LogP contribution in [-0.4, -0.2) is 16.5 Å². The van der Waals surface area contributed by atoms with Gasteiger partial charge in [-0.25, -0.2) is 5.84 Å². The van der Waals surface area contributed by atoms with Crippen molar-refractivity contribution in [2.75, 3.05) is 22.6 Å². The second-order valence-corrected chi connectivity index (χ2v) is 5.00. The molecule has 0 atom stereocenters. The molecule has 1 aliphatic heterocycles. The Morgan fingerprint density at radius 2 is 2.10 bits per heavy atom. The lowest BCUT2D eigenvalue weighted by atomic mass is 9.99. The van der Waals surface area contributed by atoms with E-state index in [-0.39, 0.29) is 5.95 Å². The van der Waals surface area contributed by atoms with Gasteiger partial charge in [-0.15, -0.1) is 0 Å². The largest absolute Gasteiger partial charge is 0.368 e. The number of anilines is 4. The van der Waals surface area contributed by atoms with Crippen LogP contribution in [0.2, 0.25) is 0 Å². The molecule has 0 bridgehead atoms. The van der Waals surface area contributed by atoms with Gasteiger partial charge in [0.05, 0.1) is 0 Å². The zero-order valence-corrected chi connectivity index (χ0v) is 11.4.